The molecule has 0 amide bonds. The first-order chi connectivity index (χ1) is 8.67. The summed E-state index contributed by atoms with van der Waals surface area (Å²) >= 11 is 0. The fourth-order valence-corrected chi connectivity index (χ4v) is 3.09. The Kier molecular flexibility index (Phi) is 7.87. The van der Waals surface area contributed by atoms with Crippen molar-refractivity contribution in [1.82, 2.24) is 4.90 Å². The summed E-state index contributed by atoms with van der Waals surface area (Å²) in [6.07, 6.45) is 9.04. The van der Waals surface area contributed by atoms with E-state index >= 15 is 0 Å². The van der Waals surface area contributed by atoms with Crippen LogP contribution < -0.4 is 5.73 Å². The Hall–Kier alpha value is -0.120. The van der Waals surface area contributed by atoms with Gasteiger partial charge >= 0.3 is 0 Å². The zero-order chi connectivity index (χ0) is 13.4. The lowest BCUT2D eigenvalue weighted by Gasteiger charge is -2.35. The molecule has 0 spiro atoms. The fourth-order valence-electron chi connectivity index (χ4n) is 3.09. The minimum Gasteiger partial charge on any atom is -0.385 e. The van der Waals surface area contributed by atoms with Gasteiger partial charge in [-0.1, -0.05) is 13.3 Å². The van der Waals surface area contributed by atoms with Crippen LogP contribution >= 0.6 is 0 Å². The van der Waals surface area contributed by atoms with Crippen LogP contribution in [0.4, 0.5) is 0 Å². The van der Waals surface area contributed by atoms with Crippen molar-refractivity contribution >= 4 is 0 Å². The fraction of sp³-hybridized carbons (Fsp3) is 1.00. The summed E-state index contributed by atoms with van der Waals surface area (Å²) in [4.78, 5) is 2.49. The molecular weight excluding hydrogens is 224 g/mol. The molecule has 1 saturated carbocycles. The summed E-state index contributed by atoms with van der Waals surface area (Å²) in [5.74, 6) is 0.977. The standard InChI is InChI=1S/C15H32N2O/c1-4-13-7-9-15(10-8-13)17(2)12-14(16)6-5-11-18-3/h13-15H,4-12,16H2,1-3H3. The molecule has 0 radical (unpaired) electrons. The van der Waals surface area contributed by atoms with Crippen LogP contribution in [-0.4, -0.2) is 44.3 Å². The summed E-state index contributed by atoms with van der Waals surface area (Å²) in [7, 11) is 4.00. The molecule has 2 N–H and O–H groups in total. The van der Waals surface area contributed by atoms with Crippen molar-refractivity contribution in [3.05, 3.63) is 0 Å². The number of nitrogens with two attached hydrogens (primary N) is 1. The second-order valence-electron chi connectivity index (χ2n) is 5.92. The number of likely N-dealkylation sites (N-methyl/N-ethyl adjacent to an activating group) is 1. The van der Waals surface area contributed by atoms with Gasteiger partial charge in [0.05, 0.1) is 0 Å². The quantitative estimate of drug-likeness (QED) is 0.679. The summed E-state index contributed by atoms with van der Waals surface area (Å²) in [5.41, 5.74) is 6.18. The van der Waals surface area contributed by atoms with E-state index < -0.39 is 0 Å². The third-order valence-electron chi connectivity index (χ3n) is 4.46. The van der Waals surface area contributed by atoms with E-state index in [1.165, 1.54) is 32.1 Å². The molecule has 0 saturated heterocycles. The molecule has 0 aromatic carbocycles. The van der Waals surface area contributed by atoms with Crippen LogP contribution in [0.25, 0.3) is 0 Å². The van der Waals surface area contributed by atoms with Crippen LogP contribution in [0.1, 0.15) is 51.9 Å². The number of ether oxygens (including phenoxy) is 1. The SMILES string of the molecule is CCC1CCC(N(C)CC(N)CCCOC)CC1. The number of rotatable bonds is 8. The Balaban J connectivity index is 2.17. The highest BCUT2D eigenvalue weighted by Gasteiger charge is 2.23. The Morgan fingerprint density at radius 3 is 2.50 bits per heavy atom. The van der Waals surface area contributed by atoms with Gasteiger partial charge < -0.3 is 15.4 Å². The zero-order valence-corrected chi connectivity index (χ0v) is 12.5. The molecule has 18 heavy (non-hydrogen) atoms. The van der Waals surface area contributed by atoms with Crippen molar-refractivity contribution in [2.45, 2.75) is 64.0 Å². The van der Waals surface area contributed by atoms with E-state index in [0.29, 0.717) is 6.04 Å². The van der Waals surface area contributed by atoms with Crippen molar-refractivity contribution in [3.8, 4) is 0 Å². The average Bonchev–Trinajstić information content (AvgIpc) is 2.39. The molecule has 0 aliphatic heterocycles. The van der Waals surface area contributed by atoms with Gasteiger partial charge in [-0.05, 0) is 51.5 Å². The molecule has 1 atom stereocenters. The van der Waals surface area contributed by atoms with Crippen molar-refractivity contribution in [1.29, 1.82) is 0 Å². The second-order valence-corrected chi connectivity index (χ2v) is 5.92. The monoisotopic (exact) mass is 256 g/mol. The molecule has 3 nitrogen and oxygen atoms in total. The van der Waals surface area contributed by atoms with E-state index in [1.54, 1.807) is 7.11 Å². The predicted octanol–water partition coefficient (Wildman–Crippen LogP) is 2.64. The zero-order valence-electron chi connectivity index (χ0n) is 12.5. The largest absolute Gasteiger partial charge is 0.385 e. The highest BCUT2D eigenvalue weighted by atomic mass is 16.5. The molecule has 1 aliphatic carbocycles. The van der Waals surface area contributed by atoms with E-state index in [-0.39, 0.29) is 0 Å². The number of hydrogen-bond acceptors (Lipinski definition) is 3. The molecule has 1 unspecified atom stereocenters. The van der Waals surface area contributed by atoms with Crippen molar-refractivity contribution < 1.29 is 4.74 Å². The van der Waals surface area contributed by atoms with Crippen LogP contribution in [0.5, 0.6) is 0 Å². The van der Waals surface area contributed by atoms with Gasteiger partial charge in [0.1, 0.15) is 0 Å². The van der Waals surface area contributed by atoms with Crippen molar-refractivity contribution in [3.63, 3.8) is 0 Å². The van der Waals surface area contributed by atoms with Crippen LogP contribution in [0.2, 0.25) is 0 Å². The summed E-state index contributed by atoms with van der Waals surface area (Å²) in [6, 6.07) is 1.07. The lowest BCUT2D eigenvalue weighted by molar-refractivity contribution is 0.149. The van der Waals surface area contributed by atoms with E-state index in [4.69, 9.17) is 10.5 Å². The van der Waals surface area contributed by atoms with Crippen LogP contribution in [0, 0.1) is 5.92 Å². The van der Waals surface area contributed by atoms with Gasteiger partial charge in [0, 0.05) is 32.3 Å². The predicted molar refractivity (Wildman–Crippen MR) is 77.8 cm³/mol. The van der Waals surface area contributed by atoms with Crippen LogP contribution in [0.3, 0.4) is 0 Å². The lowest BCUT2D eigenvalue weighted by Crippen LogP contribution is -2.42. The highest BCUT2D eigenvalue weighted by molar-refractivity contribution is 4.79. The molecule has 1 aliphatic rings. The molecule has 1 rings (SSSR count). The van der Waals surface area contributed by atoms with Crippen molar-refractivity contribution in [2.75, 3.05) is 27.3 Å². The van der Waals surface area contributed by atoms with E-state index in [1.807, 2.05) is 0 Å². The first-order valence-electron chi connectivity index (χ1n) is 7.62. The summed E-state index contributed by atoms with van der Waals surface area (Å²) < 4.78 is 5.07. The smallest absolute Gasteiger partial charge is 0.0462 e. The van der Waals surface area contributed by atoms with Gasteiger partial charge in [-0.2, -0.15) is 0 Å². The third kappa shape index (κ3) is 5.68. The topological polar surface area (TPSA) is 38.5 Å². The number of methoxy groups -OCH3 is 1. The molecule has 0 aromatic rings. The van der Waals surface area contributed by atoms with Gasteiger partial charge in [-0.3, -0.25) is 0 Å². The maximum Gasteiger partial charge on any atom is 0.0462 e. The Labute approximate surface area is 113 Å². The second kappa shape index (κ2) is 8.89. The van der Waals surface area contributed by atoms with Gasteiger partial charge in [-0.15, -0.1) is 0 Å². The Morgan fingerprint density at radius 2 is 1.94 bits per heavy atom. The third-order valence-corrected chi connectivity index (χ3v) is 4.46. The molecule has 0 aromatic heterocycles. The van der Waals surface area contributed by atoms with Crippen LogP contribution in [-0.2, 0) is 4.74 Å². The van der Waals surface area contributed by atoms with Crippen molar-refractivity contribution in [2.24, 2.45) is 11.7 Å². The first kappa shape index (κ1) is 15.9. The van der Waals surface area contributed by atoms with Crippen LogP contribution in [0.15, 0.2) is 0 Å². The number of hydrogen-bond donors (Lipinski definition) is 1. The highest BCUT2D eigenvalue weighted by Crippen LogP contribution is 2.28. The van der Waals surface area contributed by atoms with Gasteiger partial charge in [-0.25, -0.2) is 0 Å². The Bertz CT molecular complexity index is 203. The van der Waals surface area contributed by atoms with Gasteiger partial charge in [0.25, 0.3) is 0 Å². The summed E-state index contributed by atoms with van der Waals surface area (Å²) in [6.45, 7) is 4.19. The van der Waals surface area contributed by atoms with E-state index in [9.17, 15) is 0 Å². The van der Waals surface area contributed by atoms with E-state index in [0.717, 1.165) is 38.0 Å². The minimum atomic E-state index is 0.300. The number of nitrogens with zero attached hydrogens (tertiary/aromatic N) is 1. The molecule has 1 fully saturated rings. The maximum absolute atomic E-state index is 6.18. The van der Waals surface area contributed by atoms with E-state index in [2.05, 4.69) is 18.9 Å². The lowest BCUT2D eigenvalue weighted by atomic mass is 9.84. The average molecular weight is 256 g/mol. The molecular formula is C15H32N2O. The first-order valence-corrected chi connectivity index (χ1v) is 7.62. The molecule has 0 heterocycles. The molecule has 0 bridgehead atoms. The van der Waals surface area contributed by atoms with Gasteiger partial charge in [0.2, 0.25) is 0 Å². The van der Waals surface area contributed by atoms with Gasteiger partial charge in [0.15, 0.2) is 0 Å². The molecule has 108 valence electrons. The minimum absolute atomic E-state index is 0.300. The maximum atomic E-state index is 6.18. The summed E-state index contributed by atoms with van der Waals surface area (Å²) in [5, 5.41) is 0. The normalized spacial score (nSPS) is 26.5. The molecule has 3 heteroatoms. The Morgan fingerprint density at radius 1 is 1.28 bits per heavy atom.